The van der Waals surface area contributed by atoms with Gasteiger partial charge in [0, 0.05) is 38.3 Å². The quantitative estimate of drug-likeness (QED) is 0.857. The summed E-state index contributed by atoms with van der Waals surface area (Å²) in [6, 6.07) is 6.53. The molecule has 3 heterocycles. The van der Waals surface area contributed by atoms with Gasteiger partial charge in [-0.05, 0) is 36.8 Å². The molecule has 0 bridgehead atoms. The fourth-order valence-corrected chi connectivity index (χ4v) is 3.73. The Kier molecular flexibility index (Phi) is 4.13. The van der Waals surface area contributed by atoms with E-state index in [9.17, 15) is 4.79 Å². The van der Waals surface area contributed by atoms with Gasteiger partial charge < -0.3 is 9.80 Å². The van der Waals surface area contributed by atoms with E-state index in [1.54, 1.807) is 0 Å². The van der Waals surface area contributed by atoms with Gasteiger partial charge in [-0.2, -0.15) is 0 Å². The van der Waals surface area contributed by atoms with Crippen molar-refractivity contribution in [1.29, 1.82) is 0 Å². The molecule has 1 aromatic rings. The highest BCUT2D eigenvalue weighted by atomic mass is 16.2. The molecule has 0 aromatic carbocycles. The zero-order chi connectivity index (χ0) is 14.8. The van der Waals surface area contributed by atoms with E-state index in [0.717, 1.165) is 38.3 Å². The SMILES string of the molecule is CC(C)CN1C(=O)CC[C@H]2CN(c3ccccn3)CC[C@H]21. The van der Waals surface area contributed by atoms with Crippen molar-refractivity contribution in [1.82, 2.24) is 9.88 Å². The van der Waals surface area contributed by atoms with E-state index in [0.29, 0.717) is 30.2 Å². The van der Waals surface area contributed by atoms with Crippen molar-refractivity contribution in [3.05, 3.63) is 24.4 Å². The number of pyridine rings is 1. The molecular weight excluding hydrogens is 262 g/mol. The predicted octanol–water partition coefficient (Wildman–Crippen LogP) is 2.55. The van der Waals surface area contributed by atoms with Gasteiger partial charge in [-0.3, -0.25) is 4.79 Å². The molecule has 2 fully saturated rings. The molecule has 2 aliphatic rings. The molecule has 0 unspecified atom stereocenters. The predicted molar refractivity (Wildman–Crippen MR) is 84.1 cm³/mol. The molecule has 0 saturated carbocycles. The largest absolute Gasteiger partial charge is 0.356 e. The molecule has 0 N–H and O–H groups in total. The van der Waals surface area contributed by atoms with Crippen LogP contribution in [0.25, 0.3) is 0 Å². The number of amides is 1. The van der Waals surface area contributed by atoms with E-state index in [4.69, 9.17) is 0 Å². The fraction of sp³-hybridized carbons (Fsp3) is 0.647. The number of hydrogen-bond acceptors (Lipinski definition) is 3. The van der Waals surface area contributed by atoms with Crippen LogP contribution >= 0.6 is 0 Å². The zero-order valence-electron chi connectivity index (χ0n) is 13.0. The Morgan fingerprint density at radius 2 is 2.19 bits per heavy atom. The number of anilines is 1. The van der Waals surface area contributed by atoms with E-state index >= 15 is 0 Å². The standard InChI is InChI=1S/C17H25N3O/c1-13(2)11-20-15-8-10-19(16-5-3-4-9-18-16)12-14(15)6-7-17(20)21/h3-5,9,13-15H,6-8,10-12H2,1-2H3/t14-,15+/m0/s1. The fourth-order valence-electron chi connectivity index (χ4n) is 3.73. The van der Waals surface area contributed by atoms with Crippen molar-refractivity contribution < 1.29 is 4.79 Å². The molecule has 2 aliphatic heterocycles. The monoisotopic (exact) mass is 287 g/mol. The lowest BCUT2D eigenvalue weighted by molar-refractivity contribution is -0.140. The summed E-state index contributed by atoms with van der Waals surface area (Å²) < 4.78 is 0. The molecular formula is C17H25N3O. The highest BCUT2D eigenvalue weighted by molar-refractivity contribution is 5.77. The van der Waals surface area contributed by atoms with Gasteiger partial charge in [0.25, 0.3) is 0 Å². The van der Waals surface area contributed by atoms with Gasteiger partial charge in [0.1, 0.15) is 5.82 Å². The molecule has 0 radical (unpaired) electrons. The number of likely N-dealkylation sites (tertiary alicyclic amines) is 1. The lowest BCUT2D eigenvalue weighted by atomic mass is 9.83. The van der Waals surface area contributed by atoms with Crippen molar-refractivity contribution in [3.63, 3.8) is 0 Å². The molecule has 114 valence electrons. The molecule has 2 atom stereocenters. The highest BCUT2D eigenvalue weighted by Gasteiger charge is 2.39. The second-order valence-electron chi connectivity index (χ2n) is 6.73. The number of carbonyl (C=O) groups excluding carboxylic acids is 1. The van der Waals surface area contributed by atoms with Gasteiger partial charge in [0.2, 0.25) is 5.91 Å². The Morgan fingerprint density at radius 1 is 1.33 bits per heavy atom. The summed E-state index contributed by atoms with van der Waals surface area (Å²) in [5, 5.41) is 0. The maximum atomic E-state index is 12.2. The summed E-state index contributed by atoms with van der Waals surface area (Å²) in [6.45, 7) is 7.33. The zero-order valence-corrected chi connectivity index (χ0v) is 13.0. The summed E-state index contributed by atoms with van der Waals surface area (Å²) in [5.41, 5.74) is 0. The number of rotatable bonds is 3. The lowest BCUT2D eigenvalue weighted by Gasteiger charge is -2.47. The van der Waals surface area contributed by atoms with E-state index in [-0.39, 0.29) is 0 Å². The van der Waals surface area contributed by atoms with Crippen LogP contribution in [0.5, 0.6) is 0 Å². The van der Waals surface area contributed by atoms with Gasteiger partial charge in [0.15, 0.2) is 0 Å². The Morgan fingerprint density at radius 3 is 2.90 bits per heavy atom. The normalized spacial score (nSPS) is 26.1. The number of piperidine rings is 2. The van der Waals surface area contributed by atoms with Crippen LogP contribution in [0.1, 0.15) is 33.1 Å². The number of hydrogen-bond donors (Lipinski definition) is 0. The first kappa shape index (κ1) is 14.4. The summed E-state index contributed by atoms with van der Waals surface area (Å²) in [6.07, 6.45) is 4.67. The summed E-state index contributed by atoms with van der Waals surface area (Å²) in [5.74, 6) is 2.57. The van der Waals surface area contributed by atoms with Crippen LogP contribution in [0, 0.1) is 11.8 Å². The third-order valence-electron chi connectivity index (χ3n) is 4.68. The number of fused-ring (bicyclic) bond motifs is 1. The smallest absolute Gasteiger partial charge is 0.222 e. The van der Waals surface area contributed by atoms with Crippen LogP contribution in [-0.2, 0) is 4.79 Å². The van der Waals surface area contributed by atoms with Gasteiger partial charge in [0.05, 0.1) is 0 Å². The molecule has 1 aromatic heterocycles. The Balaban J connectivity index is 1.71. The minimum atomic E-state index is 0.358. The van der Waals surface area contributed by atoms with Crippen LogP contribution in [0.4, 0.5) is 5.82 Å². The van der Waals surface area contributed by atoms with E-state index in [1.807, 2.05) is 18.3 Å². The van der Waals surface area contributed by atoms with Crippen LogP contribution in [0.2, 0.25) is 0 Å². The van der Waals surface area contributed by atoms with Gasteiger partial charge >= 0.3 is 0 Å². The molecule has 3 rings (SSSR count). The van der Waals surface area contributed by atoms with Gasteiger partial charge in [-0.25, -0.2) is 4.98 Å². The first-order valence-electron chi connectivity index (χ1n) is 8.10. The first-order chi connectivity index (χ1) is 10.1. The van der Waals surface area contributed by atoms with Gasteiger partial charge in [-0.15, -0.1) is 0 Å². The van der Waals surface area contributed by atoms with Crippen molar-refractivity contribution >= 4 is 11.7 Å². The number of carbonyl (C=O) groups is 1. The second-order valence-corrected chi connectivity index (χ2v) is 6.73. The number of nitrogens with zero attached hydrogens (tertiary/aromatic N) is 3. The number of aromatic nitrogens is 1. The molecule has 21 heavy (non-hydrogen) atoms. The molecule has 0 spiro atoms. The minimum absolute atomic E-state index is 0.358. The van der Waals surface area contributed by atoms with E-state index < -0.39 is 0 Å². The van der Waals surface area contributed by atoms with E-state index in [1.165, 1.54) is 0 Å². The highest BCUT2D eigenvalue weighted by Crippen LogP contribution is 2.33. The summed E-state index contributed by atoms with van der Waals surface area (Å²) in [4.78, 5) is 21.2. The lowest BCUT2D eigenvalue weighted by Crippen LogP contribution is -2.56. The average molecular weight is 287 g/mol. The molecule has 2 saturated heterocycles. The van der Waals surface area contributed by atoms with Crippen molar-refractivity contribution in [3.8, 4) is 0 Å². The average Bonchev–Trinajstić information content (AvgIpc) is 2.50. The third kappa shape index (κ3) is 3.04. The first-order valence-corrected chi connectivity index (χ1v) is 8.10. The maximum absolute atomic E-state index is 12.2. The van der Waals surface area contributed by atoms with Crippen molar-refractivity contribution in [2.75, 3.05) is 24.5 Å². The Hall–Kier alpha value is -1.58. The van der Waals surface area contributed by atoms with Crippen molar-refractivity contribution in [2.24, 2.45) is 11.8 Å². The van der Waals surface area contributed by atoms with Crippen LogP contribution in [0.3, 0.4) is 0 Å². The van der Waals surface area contributed by atoms with Crippen LogP contribution in [-0.4, -0.2) is 41.5 Å². The molecule has 1 amide bonds. The topological polar surface area (TPSA) is 36.4 Å². The third-order valence-corrected chi connectivity index (χ3v) is 4.68. The summed E-state index contributed by atoms with van der Waals surface area (Å²) in [7, 11) is 0. The minimum Gasteiger partial charge on any atom is -0.356 e. The summed E-state index contributed by atoms with van der Waals surface area (Å²) >= 11 is 0. The second kappa shape index (κ2) is 6.04. The molecule has 4 nitrogen and oxygen atoms in total. The Bertz CT molecular complexity index is 488. The van der Waals surface area contributed by atoms with Crippen molar-refractivity contribution in [2.45, 2.75) is 39.2 Å². The Labute approximate surface area is 127 Å². The maximum Gasteiger partial charge on any atom is 0.222 e. The molecule has 4 heteroatoms. The van der Waals surface area contributed by atoms with Crippen LogP contribution in [0.15, 0.2) is 24.4 Å². The molecule has 0 aliphatic carbocycles. The van der Waals surface area contributed by atoms with Gasteiger partial charge in [-0.1, -0.05) is 19.9 Å². The van der Waals surface area contributed by atoms with Crippen LogP contribution < -0.4 is 4.90 Å². The van der Waals surface area contributed by atoms with E-state index in [2.05, 4.69) is 34.7 Å².